The van der Waals surface area contributed by atoms with Crippen LogP contribution in [0.1, 0.15) is 5.56 Å². The van der Waals surface area contributed by atoms with Crippen molar-refractivity contribution >= 4 is 40.3 Å². The van der Waals surface area contributed by atoms with Gasteiger partial charge in [0.15, 0.2) is 5.16 Å². The Morgan fingerprint density at radius 2 is 1.96 bits per heavy atom. The highest BCUT2D eigenvalue weighted by Crippen LogP contribution is 2.26. The van der Waals surface area contributed by atoms with Gasteiger partial charge in [0.05, 0.1) is 23.3 Å². The summed E-state index contributed by atoms with van der Waals surface area (Å²) in [5.41, 5.74) is 4.43. The Bertz CT molecular complexity index is 850. The summed E-state index contributed by atoms with van der Waals surface area (Å²) in [6.45, 7) is 0.559. The molecule has 5 nitrogen and oxygen atoms in total. The number of amides is 1. The Balaban J connectivity index is 1.99. The fourth-order valence-electron chi connectivity index (χ4n) is 2.28. The molecule has 3 aromatic rings. The lowest BCUT2D eigenvalue weighted by atomic mass is 10.2. The van der Waals surface area contributed by atoms with Crippen molar-refractivity contribution in [3.05, 3.63) is 59.1 Å². The molecule has 2 aromatic carbocycles. The largest absolute Gasteiger partial charge is 0.314 e. The quantitative estimate of drug-likeness (QED) is 0.422. The predicted octanol–water partition coefficient (Wildman–Crippen LogP) is 3.34. The number of carbonyl (C=O) groups excluding carboxylic acids is 1. The highest BCUT2D eigenvalue weighted by atomic mass is 35.5. The van der Waals surface area contributed by atoms with E-state index in [4.69, 9.17) is 16.8 Å². The minimum absolute atomic E-state index is 0.0857. The molecule has 0 bridgehead atoms. The van der Waals surface area contributed by atoms with E-state index >= 15 is 0 Å². The second-order valence-electron chi connectivity index (χ2n) is 4.88. The van der Waals surface area contributed by atoms with E-state index in [2.05, 4.69) is 4.98 Å². The van der Waals surface area contributed by atoms with E-state index in [0.717, 1.165) is 16.6 Å². The number of rotatable bonds is 5. The highest BCUT2D eigenvalue weighted by Gasteiger charge is 2.14. The molecular weight excluding hydrogens is 334 g/mol. The van der Waals surface area contributed by atoms with Gasteiger partial charge in [-0.15, -0.1) is 0 Å². The standard InChI is InChI=1S/C16H14ClN3O2S/c17-12-6-2-1-5-11(12)9-20-14-8-4-3-7-13(14)18-16(20)23-10-15(21)19-22/h1-8,22H,9-10H2,(H,19,21). The van der Waals surface area contributed by atoms with Crippen molar-refractivity contribution in [3.8, 4) is 0 Å². The minimum atomic E-state index is -0.466. The van der Waals surface area contributed by atoms with Crippen LogP contribution in [0.5, 0.6) is 0 Å². The van der Waals surface area contributed by atoms with E-state index in [-0.39, 0.29) is 5.75 Å². The fourth-order valence-corrected chi connectivity index (χ4v) is 3.28. The first kappa shape index (κ1) is 15.9. The molecule has 23 heavy (non-hydrogen) atoms. The van der Waals surface area contributed by atoms with Crippen molar-refractivity contribution in [2.75, 3.05) is 5.75 Å². The molecule has 0 saturated heterocycles. The van der Waals surface area contributed by atoms with Crippen molar-refractivity contribution in [2.45, 2.75) is 11.7 Å². The number of thioether (sulfide) groups is 1. The maximum atomic E-state index is 11.3. The molecular formula is C16H14ClN3O2S. The zero-order chi connectivity index (χ0) is 16.2. The molecule has 7 heteroatoms. The number of nitrogens with zero attached hydrogens (tertiary/aromatic N) is 2. The van der Waals surface area contributed by atoms with Crippen molar-refractivity contribution in [2.24, 2.45) is 0 Å². The lowest BCUT2D eigenvalue weighted by Gasteiger charge is -2.10. The first-order valence-electron chi connectivity index (χ1n) is 6.93. The van der Waals surface area contributed by atoms with Crippen LogP contribution in [0, 0.1) is 0 Å². The van der Waals surface area contributed by atoms with Gasteiger partial charge < -0.3 is 4.57 Å². The van der Waals surface area contributed by atoms with Crippen LogP contribution in [-0.2, 0) is 11.3 Å². The van der Waals surface area contributed by atoms with E-state index in [1.54, 1.807) is 5.48 Å². The lowest BCUT2D eigenvalue weighted by Crippen LogP contribution is -2.20. The molecule has 0 radical (unpaired) electrons. The Labute approximate surface area is 142 Å². The summed E-state index contributed by atoms with van der Waals surface area (Å²) in [5, 5.41) is 10.0. The van der Waals surface area contributed by atoms with Gasteiger partial charge in [-0.3, -0.25) is 10.0 Å². The monoisotopic (exact) mass is 347 g/mol. The highest BCUT2D eigenvalue weighted by molar-refractivity contribution is 7.99. The molecule has 118 valence electrons. The van der Waals surface area contributed by atoms with E-state index in [0.29, 0.717) is 16.7 Å². The van der Waals surface area contributed by atoms with E-state index in [1.165, 1.54) is 11.8 Å². The lowest BCUT2D eigenvalue weighted by molar-refractivity contribution is -0.126. The number of fused-ring (bicyclic) bond motifs is 1. The Hall–Kier alpha value is -2.02. The molecule has 0 unspecified atom stereocenters. The van der Waals surface area contributed by atoms with Gasteiger partial charge >= 0.3 is 0 Å². The number of benzene rings is 2. The van der Waals surface area contributed by atoms with Crippen LogP contribution in [0.2, 0.25) is 5.02 Å². The minimum Gasteiger partial charge on any atom is -0.314 e. The molecule has 3 rings (SSSR count). The second-order valence-corrected chi connectivity index (χ2v) is 6.23. The molecule has 0 aliphatic carbocycles. The van der Waals surface area contributed by atoms with Crippen LogP contribution in [0.15, 0.2) is 53.7 Å². The summed E-state index contributed by atoms with van der Waals surface area (Å²) >= 11 is 7.52. The number of halogens is 1. The van der Waals surface area contributed by atoms with Gasteiger partial charge in [-0.05, 0) is 23.8 Å². The van der Waals surface area contributed by atoms with Gasteiger partial charge in [-0.1, -0.05) is 53.7 Å². The van der Waals surface area contributed by atoms with Crippen molar-refractivity contribution in [3.63, 3.8) is 0 Å². The van der Waals surface area contributed by atoms with Crippen LogP contribution in [-0.4, -0.2) is 26.4 Å². The normalized spacial score (nSPS) is 10.9. The topological polar surface area (TPSA) is 67.2 Å². The maximum Gasteiger partial charge on any atom is 0.253 e. The molecule has 0 spiro atoms. The van der Waals surface area contributed by atoms with Crippen molar-refractivity contribution in [1.82, 2.24) is 15.0 Å². The zero-order valence-electron chi connectivity index (χ0n) is 12.1. The SMILES string of the molecule is O=C(CSc1nc2ccccc2n1Cc1ccccc1Cl)NO. The summed E-state index contributed by atoms with van der Waals surface area (Å²) < 4.78 is 2.02. The second kappa shape index (κ2) is 7.04. The molecule has 1 aromatic heterocycles. The average molecular weight is 348 g/mol. The summed E-state index contributed by atoms with van der Waals surface area (Å²) in [5.74, 6) is -0.381. The average Bonchev–Trinajstić information content (AvgIpc) is 2.92. The number of para-hydroxylation sites is 2. The molecule has 2 N–H and O–H groups in total. The van der Waals surface area contributed by atoms with Gasteiger partial charge in [0.1, 0.15) is 0 Å². The van der Waals surface area contributed by atoms with Crippen LogP contribution >= 0.6 is 23.4 Å². The number of carbonyl (C=O) groups is 1. The van der Waals surface area contributed by atoms with Gasteiger partial charge in [-0.25, -0.2) is 10.5 Å². The Morgan fingerprint density at radius 1 is 1.22 bits per heavy atom. The maximum absolute atomic E-state index is 11.3. The van der Waals surface area contributed by atoms with Gasteiger partial charge in [0.2, 0.25) is 0 Å². The molecule has 1 heterocycles. The van der Waals surface area contributed by atoms with Crippen LogP contribution in [0.4, 0.5) is 0 Å². The third kappa shape index (κ3) is 3.50. The smallest absolute Gasteiger partial charge is 0.253 e. The van der Waals surface area contributed by atoms with E-state index < -0.39 is 5.91 Å². The summed E-state index contributed by atoms with van der Waals surface area (Å²) in [4.78, 5) is 15.8. The summed E-state index contributed by atoms with van der Waals surface area (Å²) in [7, 11) is 0. The molecule has 0 aliphatic heterocycles. The van der Waals surface area contributed by atoms with Gasteiger partial charge in [0, 0.05) is 5.02 Å². The number of hydrogen-bond donors (Lipinski definition) is 2. The fraction of sp³-hybridized carbons (Fsp3) is 0.125. The van der Waals surface area contributed by atoms with Gasteiger partial charge in [-0.2, -0.15) is 0 Å². The third-order valence-electron chi connectivity index (χ3n) is 3.36. The number of aromatic nitrogens is 2. The molecule has 0 aliphatic rings. The van der Waals surface area contributed by atoms with Crippen molar-refractivity contribution < 1.29 is 10.0 Å². The van der Waals surface area contributed by atoms with Crippen LogP contribution < -0.4 is 5.48 Å². The predicted molar refractivity (Wildman–Crippen MR) is 90.9 cm³/mol. The van der Waals surface area contributed by atoms with E-state index in [1.807, 2.05) is 53.1 Å². The number of hydrogen-bond acceptors (Lipinski definition) is 4. The summed E-state index contributed by atoms with van der Waals surface area (Å²) in [6.07, 6.45) is 0. The molecule has 1 amide bonds. The Morgan fingerprint density at radius 3 is 2.74 bits per heavy atom. The number of nitrogens with one attached hydrogen (secondary N) is 1. The molecule has 0 atom stereocenters. The third-order valence-corrected chi connectivity index (χ3v) is 4.71. The summed E-state index contributed by atoms with van der Waals surface area (Å²) in [6, 6.07) is 15.4. The number of imidazole rings is 1. The Kier molecular flexibility index (Phi) is 4.85. The van der Waals surface area contributed by atoms with Crippen molar-refractivity contribution in [1.29, 1.82) is 0 Å². The first-order valence-corrected chi connectivity index (χ1v) is 8.30. The first-order chi connectivity index (χ1) is 11.2. The van der Waals surface area contributed by atoms with E-state index in [9.17, 15) is 4.79 Å². The zero-order valence-corrected chi connectivity index (χ0v) is 13.6. The van der Waals surface area contributed by atoms with Crippen LogP contribution in [0.3, 0.4) is 0 Å². The number of hydroxylamine groups is 1. The van der Waals surface area contributed by atoms with Crippen LogP contribution in [0.25, 0.3) is 11.0 Å². The van der Waals surface area contributed by atoms with Gasteiger partial charge in [0.25, 0.3) is 5.91 Å². The molecule has 0 saturated carbocycles. The molecule has 0 fully saturated rings.